The van der Waals surface area contributed by atoms with Gasteiger partial charge in [0.1, 0.15) is 6.33 Å². The van der Waals surface area contributed by atoms with Gasteiger partial charge in [-0.15, -0.1) is 11.3 Å². The second-order valence-electron chi connectivity index (χ2n) is 3.59. The van der Waals surface area contributed by atoms with Crippen LogP contribution < -0.4 is 5.32 Å². The Morgan fingerprint density at radius 2 is 2.44 bits per heavy atom. The normalized spacial score (nSPS) is 12.9. The van der Waals surface area contributed by atoms with Gasteiger partial charge in [-0.05, 0) is 19.9 Å². The van der Waals surface area contributed by atoms with E-state index in [-0.39, 0.29) is 6.04 Å². The van der Waals surface area contributed by atoms with Gasteiger partial charge in [-0.3, -0.25) is 5.10 Å². The summed E-state index contributed by atoms with van der Waals surface area (Å²) in [4.78, 5) is 8.61. The van der Waals surface area contributed by atoms with Crippen molar-refractivity contribution in [3.63, 3.8) is 0 Å². The van der Waals surface area contributed by atoms with Crippen LogP contribution in [0.3, 0.4) is 0 Å². The van der Waals surface area contributed by atoms with E-state index in [0.29, 0.717) is 0 Å². The van der Waals surface area contributed by atoms with Gasteiger partial charge >= 0.3 is 0 Å². The van der Waals surface area contributed by atoms with Gasteiger partial charge in [-0.25, -0.2) is 9.97 Å². The van der Waals surface area contributed by atoms with Gasteiger partial charge in [-0.1, -0.05) is 6.92 Å². The molecule has 2 N–H and O–H groups in total. The summed E-state index contributed by atoms with van der Waals surface area (Å²) in [7, 11) is 0. The number of hydrogen-bond acceptors (Lipinski definition) is 5. The average molecular weight is 237 g/mol. The van der Waals surface area contributed by atoms with E-state index in [1.165, 1.54) is 6.33 Å². The van der Waals surface area contributed by atoms with Crippen LogP contribution in [0.5, 0.6) is 0 Å². The third-order valence-electron chi connectivity index (χ3n) is 2.28. The molecule has 86 valence electrons. The quantitative estimate of drug-likeness (QED) is 0.834. The molecule has 0 saturated carbocycles. The van der Waals surface area contributed by atoms with Gasteiger partial charge in [-0.2, -0.15) is 5.10 Å². The van der Waals surface area contributed by atoms with Gasteiger partial charge in [0.2, 0.25) is 0 Å². The molecule has 0 saturated heterocycles. The lowest BCUT2D eigenvalue weighted by molar-refractivity contribution is 0.561. The highest BCUT2D eigenvalue weighted by atomic mass is 32.1. The van der Waals surface area contributed by atoms with E-state index in [0.717, 1.165) is 29.5 Å². The molecule has 0 aliphatic heterocycles. The molecule has 0 aliphatic carbocycles. The maximum absolute atomic E-state index is 4.53. The highest BCUT2D eigenvalue weighted by Crippen LogP contribution is 2.22. The number of thiazole rings is 1. The van der Waals surface area contributed by atoms with E-state index < -0.39 is 0 Å². The number of nitrogens with zero attached hydrogens (tertiary/aromatic N) is 3. The number of aromatic nitrogens is 4. The van der Waals surface area contributed by atoms with Crippen molar-refractivity contribution in [3.05, 3.63) is 17.4 Å². The number of H-pyrrole nitrogens is 1. The molecule has 2 aromatic rings. The Kier molecular flexibility index (Phi) is 3.63. The predicted molar refractivity (Wildman–Crippen MR) is 64.2 cm³/mol. The molecule has 16 heavy (non-hydrogen) atoms. The molecule has 2 heterocycles. The van der Waals surface area contributed by atoms with Gasteiger partial charge in [0.15, 0.2) is 10.8 Å². The third kappa shape index (κ3) is 2.45. The summed E-state index contributed by atoms with van der Waals surface area (Å²) in [5.74, 6) is 0.735. The number of hydrogen-bond donors (Lipinski definition) is 2. The second-order valence-corrected chi connectivity index (χ2v) is 4.45. The Bertz CT molecular complexity index is 422. The minimum atomic E-state index is 0.285. The first-order chi connectivity index (χ1) is 7.81. The van der Waals surface area contributed by atoms with Gasteiger partial charge in [0, 0.05) is 11.4 Å². The Labute approximate surface area is 98.3 Å². The van der Waals surface area contributed by atoms with Crippen LogP contribution in [0.2, 0.25) is 0 Å². The highest BCUT2D eigenvalue weighted by Gasteiger charge is 2.11. The lowest BCUT2D eigenvalue weighted by atomic mass is 10.2. The SMILES string of the molecule is CCCNC(C)c1csc(-c2ncn[nH]2)n1. The molecule has 0 amide bonds. The van der Waals surface area contributed by atoms with Crippen molar-refractivity contribution >= 4 is 11.3 Å². The van der Waals surface area contributed by atoms with Crippen molar-refractivity contribution in [2.45, 2.75) is 26.3 Å². The van der Waals surface area contributed by atoms with Gasteiger partial charge < -0.3 is 5.32 Å². The standard InChI is InChI=1S/C10H15N5S/c1-3-4-11-7(2)8-5-16-10(14-8)9-12-6-13-15-9/h5-7,11H,3-4H2,1-2H3,(H,12,13,15). The van der Waals surface area contributed by atoms with E-state index in [1.807, 2.05) is 0 Å². The Hall–Kier alpha value is -1.27. The maximum atomic E-state index is 4.53. The molecule has 1 atom stereocenters. The number of rotatable bonds is 5. The van der Waals surface area contributed by atoms with Crippen molar-refractivity contribution in [2.75, 3.05) is 6.54 Å². The van der Waals surface area contributed by atoms with Crippen molar-refractivity contribution in [1.29, 1.82) is 0 Å². The van der Waals surface area contributed by atoms with Crippen LogP contribution in [0.25, 0.3) is 10.8 Å². The zero-order valence-corrected chi connectivity index (χ0v) is 10.2. The lowest BCUT2D eigenvalue weighted by Gasteiger charge is -2.09. The van der Waals surface area contributed by atoms with Crippen molar-refractivity contribution in [1.82, 2.24) is 25.5 Å². The van der Waals surface area contributed by atoms with Gasteiger partial charge in [0.05, 0.1) is 5.69 Å². The fourth-order valence-electron chi connectivity index (χ4n) is 1.37. The molecule has 5 nitrogen and oxygen atoms in total. The van der Waals surface area contributed by atoms with E-state index >= 15 is 0 Å². The molecular weight excluding hydrogens is 222 g/mol. The topological polar surface area (TPSA) is 66.5 Å². The fourth-order valence-corrected chi connectivity index (χ4v) is 2.23. The molecule has 0 bridgehead atoms. The molecule has 0 radical (unpaired) electrons. The molecule has 2 aromatic heterocycles. The zero-order chi connectivity index (χ0) is 11.4. The molecule has 1 unspecified atom stereocenters. The van der Waals surface area contributed by atoms with E-state index in [2.05, 4.69) is 44.7 Å². The minimum absolute atomic E-state index is 0.285. The Morgan fingerprint density at radius 1 is 1.56 bits per heavy atom. The van der Waals surface area contributed by atoms with Crippen molar-refractivity contribution in [2.24, 2.45) is 0 Å². The predicted octanol–water partition coefficient (Wildman–Crippen LogP) is 1.99. The van der Waals surface area contributed by atoms with Crippen LogP contribution in [0, 0.1) is 0 Å². The van der Waals surface area contributed by atoms with Gasteiger partial charge in [0.25, 0.3) is 0 Å². The first kappa shape index (κ1) is 11.2. The van der Waals surface area contributed by atoms with Crippen LogP contribution in [0.1, 0.15) is 32.0 Å². The Balaban J connectivity index is 2.07. The second kappa shape index (κ2) is 5.18. The van der Waals surface area contributed by atoms with Crippen LogP contribution in [0.4, 0.5) is 0 Å². The molecular formula is C10H15N5S. The summed E-state index contributed by atoms with van der Waals surface area (Å²) in [5.41, 5.74) is 1.06. The first-order valence-electron chi connectivity index (χ1n) is 5.35. The molecule has 0 spiro atoms. The zero-order valence-electron chi connectivity index (χ0n) is 9.40. The summed E-state index contributed by atoms with van der Waals surface area (Å²) < 4.78 is 0. The molecule has 2 rings (SSSR count). The molecule has 0 aromatic carbocycles. The number of nitrogens with one attached hydrogen (secondary N) is 2. The number of aromatic amines is 1. The van der Waals surface area contributed by atoms with Crippen LogP contribution >= 0.6 is 11.3 Å². The summed E-state index contributed by atoms with van der Waals surface area (Å²) in [6.07, 6.45) is 2.62. The smallest absolute Gasteiger partial charge is 0.184 e. The third-order valence-corrected chi connectivity index (χ3v) is 3.15. The van der Waals surface area contributed by atoms with E-state index in [4.69, 9.17) is 0 Å². The van der Waals surface area contributed by atoms with Crippen LogP contribution in [-0.2, 0) is 0 Å². The fraction of sp³-hybridized carbons (Fsp3) is 0.500. The van der Waals surface area contributed by atoms with E-state index in [9.17, 15) is 0 Å². The summed E-state index contributed by atoms with van der Waals surface area (Å²) in [6, 6.07) is 0.285. The largest absolute Gasteiger partial charge is 0.309 e. The van der Waals surface area contributed by atoms with Crippen molar-refractivity contribution in [3.8, 4) is 10.8 Å². The summed E-state index contributed by atoms with van der Waals surface area (Å²) in [5, 5.41) is 13.0. The first-order valence-corrected chi connectivity index (χ1v) is 6.23. The maximum Gasteiger partial charge on any atom is 0.184 e. The lowest BCUT2D eigenvalue weighted by Crippen LogP contribution is -2.19. The van der Waals surface area contributed by atoms with Crippen LogP contribution in [-0.4, -0.2) is 26.7 Å². The Morgan fingerprint density at radius 3 is 3.12 bits per heavy atom. The van der Waals surface area contributed by atoms with Crippen LogP contribution in [0.15, 0.2) is 11.7 Å². The monoisotopic (exact) mass is 237 g/mol. The average Bonchev–Trinajstić information content (AvgIpc) is 2.94. The summed E-state index contributed by atoms with van der Waals surface area (Å²) in [6.45, 7) is 5.28. The highest BCUT2D eigenvalue weighted by molar-refractivity contribution is 7.13. The molecule has 6 heteroatoms. The van der Waals surface area contributed by atoms with E-state index in [1.54, 1.807) is 11.3 Å². The summed E-state index contributed by atoms with van der Waals surface area (Å²) >= 11 is 1.58. The molecule has 0 aliphatic rings. The van der Waals surface area contributed by atoms with Crippen molar-refractivity contribution < 1.29 is 0 Å². The minimum Gasteiger partial charge on any atom is -0.309 e. The molecule has 0 fully saturated rings.